The highest BCUT2D eigenvalue weighted by Crippen LogP contribution is 2.34. The molecule has 2 aromatic rings. The summed E-state index contributed by atoms with van der Waals surface area (Å²) < 4.78 is 38.0. The minimum Gasteiger partial charge on any atom is -0.373 e. The number of aromatic nitrogens is 1. The SMILES string of the molecule is CNc1cc(-c2ccc(C(F)(F)F)c(C)c2)ccn1. The molecule has 0 saturated heterocycles. The van der Waals surface area contributed by atoms with Gasteiger partial charge in [0, 0.05) is 13.2 Å². The Bertz CT molecular complexity index is 591. The highest BCUT2D eigenvalue weighted by molar-refractivity contribution is 5.67. The third-order valence-corrected chi connectivity index (χ3v) is 2.88. The second-order valence-corrected chi connectivity index (χ2v) is 4.21. The van der Waals surface area contributed by atoms with Crippen LogP contribution in [0.4, 0.5) is 19.0 Å². The molecule has 1 aromatic carbocycles. The van der Waals surface area contributed by atoms with Gasteiger partial charge < -0.3 is 5.32 Å². The van der Waals surface area contributed by atoms with E-state index >= 15 is 0 Å². The normalized spacial score (nSPS) is 11.4. The van der Waals surface area contributed by atoms with Crippen molar-refractivity contribution in [3.63, 3.8) is 0 Å². The van der Waals surface area contributed by atoms with Crippen LogP contribution in [0.15, 0.2) is 36.5 Å². The first kappa shape index (κ1) is 13.4. The van der Waals surface area contributed by atoms with Crippen molar-refractivity contribution in [1.82, 2.24) is 4.98 Å². The lowest BCUT2D eigenvalue weighted by Crippen LogP contribution is -2.07. The van der Waals surface area contributed by atoms with E-state index in [4.69, 9.17) is 0 Å². The standard InChI is InChI=1S/C14H13F3N2/c1-9-7-10(3-4-12(9)14(15,16)17)11-5-6-19-13(8-11)18-2/h3-8H,1-2H3,(H,18,19). The van der Waals surface area contributed by atoms with E-state index < -0.39 is 11.7 Å². The van der Waals surface area contributed by atoms with E-state index in [2.05, 4.69) is 10.3 Å². The second kappa shape index (κ2) is 4.91. The zero-order valence-electron chi connectivity index (χ0n) is 10.5. The zero-order chi connectivity index (χ0) is 14.0. The third-order valence-electron chi connectivity index (χ3n) is 2.88. The Kier molecular flexibility index (Phi) is 3.46. The monoisotopic (exact) mass is 266 g/mol. The van der Waals surface area contributed by atoms with Crippen molar-refractivity contribution in [1.29, 1.82) is 0 Å². The maximum atomic E-state index is 12.7. The summed E-state index contributed by atoms with van der Waals surface area (Å²) in [5, 5.41) is 2.90. The van der Waals surface area contributed by atoms with Gasteiger partial charge in [-0.05, 0) is 41.8 Å². The molecule has 100 valence electrons. The number of nitrogens with zero attached hydrogens (tertiary/aromatic N) is 1. The van der Waals surface area contributed by atoms with Gasteiger partial charge in [0.15, 0.2) is 0 Å². The number of anilines is 1. The number of alkyl halides is 3. The smallest absolute Gasteiger partial charge is 0.373 e. The minimum atomic E-state index is -4.31. The summed E-state index contributed by atoms with van der Waals surface area (Å²) in [6.45, 7) is 1.46. The first-order valence-electron chi connectivity index (χ1n) is 5.74. The molecule has 5 heteroatoms. The maximum absolute atomic E-state index is 12.7. The first-order chi connectivity index (χ1) is 8.91. The van der Waals surface area contributed by atoms with E-state index in [1.807, 2.05) is 0 Å². The number of pyridine rings is 1. The quantitative estimate of drug-likeness (QED) is 0.884. The molecule has 2 rings (SSSR count). The number of aryl methyl sites for hydroxylation is 1. The fourth-order valence-corrected chi connectivity index (χ4v) is 1.91. The van der Waals surface area contributed by atoms with Crippen molar-refractivity contribution in [2.75, 3.05) is 12.4 Å². The number of benzene rings is 1. The molecule has 0 atom stereocenters. The molecule has 1 N–H and O–H groups in total. The summed E-state index contributed by atoms with van der Waals surface area (Å²) in [6.07, 6.45) is -2.69. The van der Waals surface area contributed by atoms with Crippen LogP contribution in [-0.4, -0.2) is 12.0 Å². The summed E-state index contributed by atoms with van der Waals surface area (Å²) in [5.74, 6) is 0.676. The molecule has 0 spiro atoms. The second-order valence-electron chi connectivity index (χ2n) is 4.21. The van der Waals surface area contributed by atoms with Crippen LogP contribution < -0.4 is 5.32 Å². The molecule has 0 aliphatic carbocycles. The topological polar surface area (TPSA) is 24.9 Å². The fraction of sp³-hybridized carbons (Fsp3) is 0.214. The third kappa shape index (κ3) is 2.86. The Labute approximate surface area is 109 Å². The summed E-state index contributed by atoms with van der Waals surface area (Å²) >= 11 is 0. The molecule has 19 heavy (non-hydrogen) atoms. The molecule has 0 amide bonds. The van der Waals surface area contributed by atoms with Crippen LogP contribution in [0, 0.1) is 6.92 Å². The Morgan fingerprint density at radius 1 is 1.05 bits per heavy atom. The van der Waals surface area contributed by atoms with E-state index in [1.54, 1.807) is 25.4 Å². The predicted octanol–water partition coefficient (Wildman–Crippen LogP) is 4.12. The van der Waals surface area contributed by atoms with E-state index in [9.17, 15) is 13.2 Å². The molecule has 0 bridgehead atoms. The van der Waals surface area contributed by atoms with Crippen LogP contribution in [0.25, 0.3) is 11.1 Å². The van der Waals surface area contributed by atoms with Gasteiger partial charge in [0.25, 0.3) is 0 Å². The fourth-order valence-electron chi connectivity index (χ4n) is 1.91. The van der Waals surface area contributed by atoms with Crippen LogP contribution in [0.5, 0.6) is 0 Å². The van der Waals surface area contributed by atoms with Crippen LogP contribution in [0.1, 0.15) is 11.1 Å². The average Bonchev–Trinajstić information content (AvgIpc) is 2.37. The van der Waals surface area contributed by atoms with Gasteiger partial charge in [-0.25, -0.2) is 4.98 Å². The molecular formula is C14H13F3N2. The maximum Gasteiger partial charge on any atom is 0.416 e. The molecule has 0 aliphatic heterocycles. The van der Waals surface area contributed by atoms with Crippen LogP contribution in [-0.2, 0) is 6.18 Å². The molecule has 1 aromatic heterocycles. The minimum absolute atomic E-state index is 0.216. The van der Waals surface area contributed by atoms with Crippen molar-refractivity contribution >= 4 is 5.82 Å². The average molecular weight is 266 g/mol. The van der Waals surface area contributed by atoms with Gasteiger partial charge >= 0.3 is 6.18 Å². The molecule has 0 saturated carbocycles. The van der Waals surface area contributed by atoms with Crippen LogP contribution >= 0.6 is 0 Å². The van der Waals surface area contributed by atoms with Crippen molar-refractivity contribution in [2.45, 2.75) is 13.1 Å². The summed E-state index contributed by atoms with van der Waals surface area (Å²) in [4.78, 5) is 4.07. The molecule has 0 radical (unpaired) electrons. The Hall–Kier alpha value is -2.04. The van der Waals surface area contributed by atoms with Crippen LogP contribution in [0.3, 0.4) is 0 Å². The molecular weight excluding hydrogens is 253 g/mol. The van der Waals surface area contributed by atoms with Gasteiger partial charge in [0.2, 0.25) is 0 Å². The lowest BCUT2D eigenvalue weighted by molar-refractivity contribution is -0.138. The largest absolute Gasteiger partial charge is 0.416 e. The van der Waals surface area contributed by atoms with E-state index in [1.165, 1.54) is 19.1 Å². The van der Waals surface area contributed by atoms with Crippen molar-refractivity contribution in [2.24, 2.45) is 0 Å². The highest BCUT2D eigenvalue weighted by Gasteiger charge is 2.32. The predicted molar refractivity (Wildman–Crippen MR) is 69.0 cm³/mol. The number of halogens is 3. The Morgan fingerprint density at radius 3 is 2.32 bits per heavy atom. The van der Waals surface area contributed by atoms with Gasteiger partial charge in [-0.15, -0.1) is 0 Å². The number of nitrogens with one attached hydrogen (secondary N) is 1. The molecule has 2 nitrogen and oxygen atoms in total. The Morgan fingerprint density at radius 2 is 1.74 bits per heavy atom. The van der Waals surface area contributed by atoms with Crippen LogP contribution in [0.2, 0.25) is 0 Å². The van der Waals surface area contributed by atoms with Gasteiger partial charge in [0.05, 0.1) is 5.56 Å². The van der Waals surface area contributed by atoms with Crippen molar-refractivity contribution in [3.05, 3.63) is 47.7 Å². The number of rotatable bonds is 2. The van der Waals surface area contributed by atoms with Crippen molar-refractivity contribution in [3.8, 4) is 11.1 Å². The molecule has 0 unspecified atom stereocenters. The highest BCUT2D eigenvalue weighted by atomic mass is 19.4. The lowest BCUT2D eigenvalue weighted by Gasteiger charge is -2.12. The number of hydrogen-bond acceptors (Lipinski definition) is 2. The van der Waals surface area contributed by atoms with E-state index in [-0.39, 0.29) is 5.56 Å². The zero-order valence-corrected chi connectivity index (χ0v) is 10.5. The van der Waals surface area contributed by atoms with Crippen molar-refractivity contribution < 1.29 is 13.2 Å². The molecule has 0 fully saturated rings. The molecule has 1 heterocycles. The Balaban J connectivity index is 2.44. The summed E-state index contributed by atoms with van der Waals surface area (Å²) in [6, 6.07) is 7.69. The van der Waals surface area contributed by atoms with E-state index in [0.29, 0.717) is 5.82 Å². The first-order valence-corrected chi connectivity index (χ1v) is 5.74. The number of hydrogen-bond donors (Lipinski definition) is 1. The van der Waals surface area contributed by atoms with Gasteiger partial charge in [0.1, 0.15) is 5.82 Å². The summed E-state index contributed by atoms with van der Waals surface area (Å²) in [5.41, 5.74) is 1.19. The van der Waals surface area contributed by atoms with Gasteiger partial charge in [-0.2, -0.15) is 13.2 Å². The van der Waals surface area contributed by atoms with Gasteiger partial charge in [-0.3, -0.25) is 0 Å². The molecule has 0 aliphatic rings. The summed E-state index contributed by atoms with van der Waals surface area (Å²) in [7, 11) is 1.74. The van der Waals surface area contributed by atoms with E-state index in [0.717, 1.165) is 17.2 Å². The van der Waals surface area contributed by atoms with Gasteiger partial charge in [-0.1, -0.05) is 12.1 Å². The lowest BCUT2D eigenvalue weighted by atomic mass is 10.0.